The second kappa shape index (κ2) is 3.65. The SMILES string of the molecule is CN(c1cc[n+]2c(c1)S(=O)(=O)NC2=O)S(C)(=O)=O. The minimum absolute atomic E-state index is 0.156. The first kappa shape index (κ1) is 12.8. The number of sulfonamides is 2. The van der Waals surface area contributed by atoms with E-state index in [2.05, 4.69) is 0 Å². The molecule has 98 valence electrons. The van der Waals surface area contributed by atoms with Crippen LogP contribution in [-0.2, 0) is 20.0 Å². The molecule has 1 aliphatic rings. The van der Waals surface area contributed by atoms with Crippen molar-refractivity contribution in [2.75, 3.05) is 17.6 Å². The van der Waals surface area contributed by atoms with Crippen LogP contribution in [0.1, 0.15) is 0 Å². The highest BCUT2D eigenvalue weighted by Crippen LogP contribution is 2.19. The van der Waals surface area contributed by atoms with Crippen LogP contribution in [0.3, 0.4) is 0 Å². The molecular weight excluding hydrogens is 282 g/mol. The van der Waals surface area contributed by atoms with E-state index in [0.717, 1.165) is 21.2 Å². The first-order valence-electron chi connectivity index (χ1n) is 4.70. The van der Waals surface area contributed by atoms with Gasteiger partial charge in [0.15, 0.2) is 0 Å². The fourth-order valence-corrected chi connectivity index (χ4v) is 3.06. The van der Waals surface area contributed by atoms with Gasteiger partial charge in [-0.25, -0.2) is 8.42 Å². The predicted octanol–water partition coefficient (Wildman–Crippen LogP) is -1.37. The molecule has 0 saturated carbocycles. The lowest BCUT2D eigenvalue weighted by atomic mass is 10.4. The van der Waals surface area contributed by atoms with Crippen LogP contribution in [0.4, 0.5) is 10.5 Å². The number of aromatic nitrogens is 1. The van der Waals surface area contributed by atoms with Gasteiger partial charge in [-0.05, 0) is 0 Å². The van der Waals surface area contributed by atoms with Crippen LogP contribution in [0.5, 0.6) is 0 Å². The molecule has 0 unspecified atom stereocenters. The van der Waals surface area contributed by atoms with Gasteiger partial charge in [0.25, 0.3) is 5.03 Å². The third-order valence-electron chi connectivity index (χ3n) is 2.48. The van der Waals surface area contributed by atoms with Gasteiger partial charge < -0.3 is 0 Å². The van der Waals surface area contributed by atoms with Crippen LogP contribution in [0, 0.1) is 0 Å². The summed E-state index contributed by atoms with van der Waals surface area (Å²) >= 11 is 0. The van der Waals surface area contributed by atoms with E-state index in [0.29, 0.717) is 0 Å². The van der Waals surface area contributed by atoms with Crippen molar-refractivity contribution in [3.8, 4) is 0 Å². The van der Waals surface area contributed by atoms with Crippen LogP contribution >= 0.6 is 0 Å². The summed E-state index contributed by atoms with van der Waals surface area (Å²) in [5.74, 6) is 0. The molecule has 0 aromatic carbocycles. The monoisotopic (exact) mass is 292 g/mol. The number of nitrogens with zero attached hydrogens (tertiary/aromatic N) is 2. The average molecular weight is 292 g/mol. The van der Waals surface area contributed by atoms with Crippen LogP contribution in [0.25, 0.3) is 0 Å². The number of carbonyl (C=O) groups is 1. The molecule has 1 aliphatic heterocycles. The molecule has 8 nitrogen and oxygen atoms in total. The summed E-state index contributed by atoms with van der Waals surface area (Å²) in [6, 6.07) is 1.66. The molecule has 1 amide bonds. The second-order valence-corrected chi connectivity index (χ2v) is 7.38. The Balaban J connectivity index is 2.63. The van der Waals surface area contributed by atoms with Gasteiger partial charge in [-0.1, -0.05) is 0 Å². The van der Waals surface area contributed by atoms with E-state index in [1.807, 2.05) is 0 Å². The number of pyridine rings is 1. The molecule has 0 atom stereocenters. The van der Waals surface area contributed by atoms with Crippen molar-refractivity contribution in [3.63, 3.8) is 0 Å². The molecule has 10 heteroatoms. The molecule has 0 fully saturated rings. The van der Waals surface area contributed by atoms with Crippen molar-refractivity contribution in [2.45, 2.75) is 5.03 Å². The maximum atomic E-state index is 11.6. The molecule has 2 heterocycles. The van der Waals surface area contributed by atoms with Crippen LogP contribution in [-0.4, -0.2) is 36.2 Å². The van der Waals surface area contributed by atoms with Gasteiger partial charge in [-0.15, -0.1) is 9.29 Å². The molecule has 1 N–H and O–H groups in total. The summed E-state index contributed by atoms with van der Waals surface area (Å²) in [5, 5.41) is -0.291. The lowest BCUT2D eigenvalue weighted by molar-refractivity contribution is -0.607. The average Bonchev–Trinajstić information content (AvgIpc) is 2.47. The lowest BCUT2D eigenvalue weighted by Gasteiger charge is -2.15. The van der Waals surface area contributed by atoms with Crippen LogP contribution in [0.15, 0.2) is 23.4 Å². The number of carbonyl (C=O) groups excluding carboxylic acids is 1. The zero-order chi connectivity index (χ0) is 13.7. The normalized spacial score (nSPS) is 17.1. The van der Waals surface area contributed by atoms with E-state index >= 15 is 0 Å². The number of anilines is 1. The number of amides is 1. The zero-order valence-electron chi connectivity index (χ0n) is 9.48. The Kier molecular flexibility index (Phi) is 2.59. The molecule has 2 rings (SSSR count). The molecule has 0 spiro atoms. The molecule has 18 heavy (non-hydrogen) atoms. The first-order valence-corrected chi connectivity index (χ1v) is 8.03. The first-order chi connectivity index (χ1) is 8.13. The summed E-state index contributed by atoms with van der Waals surface area (Å²) in [6.07, 6.45) is 2.19. The summed E-state index contributed by atoms with van der Waals surface area (Å²) in [4.78, 5) is 11.3. The lowest BCUT2D eigenvalue weighted by Crippen LogP contribution is -2.43. The highest BCUT2D eigenvalue weighted by molar-refractivity contribution is 7.92. The van der Waals surface area contributed by atoms with Gasteiger partial charge in [0.1, 0.15) is 6.20 Å². The Bertz CT molecular complexity index is 738. The molecular formula is C8H10N3O5S2+. The summed E-state index contributed by atoms with van der Waals surface area (Å²) in [5.41, 5.74) is 0.156. The van der Waals surface area contributed by atoms with Gasteiger partial charge >= 0.3 is 16.1 Å². The molecule has 1 aromatic rings. The molecule has 0 aliphatic carbocycles. The van der Waals surface area contributed by atoms with Crippen molar-refractivity contribution >= 4 is 31.8 Å². The van der Waals surface area contributed by atoms with Gasteiger partial charge in [-0.3, -0.25) is 4.31 Å². The van der Waals surface area contributed by atoms with Crippen LogP contribution in [0.2, 0.25) is 0 Å². The Hall–Kier alpha value is -1.68. The Morgan fingerprint density at radius 1 is 1.39 bits per heavy atom. The Morgan fingerprint density at radius 3 is 2.56 bits per heavy atom. The molecule has 0 bridgehead atoms. The maximum absolute atomic E-state index is 11.6. The minimum Gasteiger partial charge on any atom is -0.273 e. The Labute approximate surface area is 104 Å². The van der Waals surface area contributed by atoms with E-state index in [1.165, 1.54) is 19.3 Å². The topological polar surface area (TPSA) is 104 Å². The number of fused-ring (bicyclic) bond motifs is 1. The van der Waals surface area contributed by atoms with Crippen LogP contribution < -0.4 is 13.6 Å². The fraction of sp³-hybridized carbons (Fsp3) is 0.250. The standard InChI is InChI=1S/C8H9N3O5S2/c1-10(17(2,13)14)6-3-4-11-7(5-6)18(15,16)9-8(11)12/h3-5H,1-2H3/p+1. The van der Waals surface area contributed by atoms with E-state index in [9.17, 15) is 21.6 Å². The fourth-order valence-electron chi connectivity index (χ4n) is 1.45. The van der Waals surface area contributed by atoms with Crippen molar-refractivity contribution in [3.05, 3.63) is 18.3 Å². The summed E-state index contributed by atoms with van der Waals surface area (Å²) in [6.45, 7) is 0. The van der Waals surface area contributed by atoms with Crippen molar-refractivity contribution in [1.82, 2.24) is 4.72 Å². The largest absolute Gasteiger partial charge is 0.512 e. The second-order valence-electron chi connectivity index (χ2n) is 3.73. The van der Waals surface area contributed by atoms with E-state index in [-0.39, 0.29) is 10.7 Å². The third-order valence-corrected chi connectivity index (χ3v) is 4.99. The third kappa shape index (κ3) is 1.93. The molecule has 0 radical (unpaired) electrons. The van der Waals surface area contributed by atoms with E-state index in [4.69, 9.17) is 0 Å². The highest BCUT2D eigenvalue weighted by Gasteiger charge is 2.41. The zero-order valence-corrected chi connectivity index (χ0v) is 11.1. The maximum Gasteiger partial charge on any atom is 0.512 e. The Morgan fingerprint density at radius 2 is 2.00 bits per heavy atom. The minimum atomic E-state index is -3.91. The predicted molar refractivity (Wildman–Crippen MR) is 61.0 cm³/mol. The number of hydrogen-bond acceptors (Lipinski definition) is 5. The van der Waals surface area contributed by atoms with Crippen molar-refractivity contribution in [1.29, 1.82) is 0 Å². The number of hydrogen-bond donors (Lipinski definition) is 1. The smallest absolute Gasteiger partial charge is 0.273 e. The van der Waals surface area contributed by atoms with Crippen molar-refractivity contribution < 1.29 is 26.2 Å². The van der Waals surface area contributed by atoms with Gasteiger partial charge in [-0.2, -0.15) is 13.2 Å². The van der Waals surface area contributed by atoms with E-state index < -0.39 is 26.1 Å². The summed E-state index contributed by atoms with van der Waals surface area (Å²) in [7, 11) is -6.12. The quantitative estimate of drug-likeness (QED) is 0.677. The van der Waals surface area contributed by atoms with E-state index in [1.54, 1.807) is 4.72 Å². The van der Waals surface area contributed by atoms with Gasteiger partial charge in [0.05, 0.1) is 11.9 Å². The highest BCUT2D eigenvalue weighted by atomic mass is 32.2. The summed E-state index contributed by atoms with van der Waals surface area (Å²) < 4.78 is 49.4. The van der Waals surface area contributed by atoms with Crippen molar-refractivity contribution in [2.24, 2.45) is 0 Å². The molecule has 1 aromatic heterocycles. The van der Waals surface area contributed by atoms with Gasteiger partial charge in [0.2, 0.25) is 10.0 Å². The number of nitrogens with one attached hydrogen (secondary N) is 1. The number of rotatable bonds is 2. The van der Waals surface area contributed by atoms with Gasteiger partial charge in [0, 0.05) is 19.2 Å². The molecule has 0 saturated heterocycles.